The van der Waals surface area contributed by atoms with Crippen LogP contribution in [0.25, 0.3) is 0 Å². The van der Waals surface area contributed by atoms with Gasteiger partial charge in [0.05, 0.1) is 0 Å². The van der Waals surface area contributed by atoms with Gasteiger partial charge in [0.15, 0.2) is 8.24 Å². The quantitative estimate of drug-likeness (QED) is 0.418. The van der Waals surface area contributed by atoms with Gasteiger partial charge in [-0.1, -0.05) is 112 Å². The first-order valence-corrected chi connectivity index (χ1v) is 19.1. The minimum Gasteiger partial charge on any atom is -0.361 e. The first-order chi connectivity index (χ1) is 12.5. The third-order valence-electron chi connectivity index (χ3n) is 5.03. The second-order valence-electron chi connectivity index (χ2n) is 9.75. The molecule has 0 aromatic heterocycles. The number of benzene rings is 2. The maximum absolute atomic E-state index is 3.12. The molecule has 27 heavy (non-hydrogen) atoms. The first kappa shape index (κ1) is 22.1. The van der Waals surface area contributed by atoms with E-state index >= 15 is 0 Å². The maximum Gasteiger partial charge on any atom is 0.183 e. The molecule has 2 aromatic carbocycles. The molecule has 146 valence electrons. The Kier molecular flexibility index (Phi) is 6.90. The molecule has 0 bridgehead atoms. The number of rotatable bonds is 7. The second kappa shape index (κ2) is 8.43. The molecular weight excluding hydrogens is 375 g/mol. The van der Waals surface area contributed by atoms with Crippen LogP contribution in [0.4, 0.5) is 0 Å². The third kappa shape index (κ3) is 4.99. The number of nitrogens with zero attached hydrogens (tertiary/aromatic N) is 1. The van der Waals surface area contributed by atoms with Crippen LogP contribution in [0, 0.1) is 0 Å². The second-order valence-corrected chi connectivity index (χ2v) is 24.4. The molecule has 0 saturated heterocycles. The Morgan fingerprint density at radius 3 is 1.37 bits per heavy atom. The Labute approximate surface area is 170 Å². The summed E-state index contributed by atoms with van der Waals surface area (Å²) >= 11 is 0. The Hall–Kier alpha value is -1.21. The summed E-state index contributed by atoms with van der Waals surface area (Å²) in [6.07, 6.45) is 2.50. The first-order valence-electron chi connectivity index (χ1n) is 10.0. The Balaban J connectivity index is 2.92. The van der Waals surface area contributed by atoms with Gasteiger partial charge in [-0.3, -0.25) is 0 Å². The van der Waals surface area contributed by atoms with E-state index in [1.54, 1.807) is 10.4 Å². The molecule has 0 heterocycles. The topological polar surface area (TPSA) is 3.24 Å². The zero-order valence-corrected chi connectivity index (χ0v) is 21.5. The largest absolute Gasteiger partial charge is 0.361 e. The molecule has 0 amide bonds. The van der Waals surface area contributed by atoms with Crippen molar-refractivity contribution in [2.24, 2.45) is 0 Å². The van der Waals surface area contributed by atoms with Crippen LogP contribution >= 0.6 is 0 Å². The molecule has 0 saturated carbocycles. The van der Waals surface area contributed by atoms with Crippen molar-refractivity contribution in [1.29, 1.82) is 0 Å². The van der Waals surface area contributed by atoms with Gasteiger partial charge in [-0.05, 0) is 30.3 Å². The molecule has 1 nitrogen and oxygen atoms in total. The van der Waals surface area contributed by atoms with E-state index in [1.807, 2.05) is 0 Å². The molecular formula is C23H37NSi3. The lowest BCUT2D eigenvalue weighted by molar-refractivity contribution is 0.907. The van der Waals surface area contributed by atoms with Gasteiger partial charge in [-0.2, -0.15) is 0 Å². The van der Waals surface area contributed by atoms with Crippen molar-refractivity contribution in [1.82, 2.24) is 3.90 Å². The lowest BCUT2D eigenvalue weighted by Gasteiger charge is -2.56. The zero-order valence-electron chi connectivity index (χ0n) is 18.5. The highest BCUT2D eigenvalue weighted by molar-refractivity contribution is 7.14. The van der Waals surface area contributed by atoms with Crippen LogP contribution < -0.4 is 10.4 Å². The van der Waals surface area contributed by atoms with Gasteiger partial charge in [0.25, 0.3) is 0 Å². The van der Waals surface area contributed by atoms with Crippen LogP contribution in [0.2, 0.25) is 45.3 Å². The van der Waals surface area contributed by atoms with Gasteiger partial charge in [0, 0.05) is 0 Å². The molecule has 0 atom stereocenters. The molecule has 0 fully saturated rings. The van der Waals surface area contributed by atoms with Crippen molar-refractivity contribution in [3.63, 3.8) is 0 Å². The van der Waals surface area contributed by atoms with Crippen LogP contribution in [0.1, 0.15) is 13.8 Å². The van der Waals surface area contributed by atoms with Gasteiger partial charge in [-0.25, -0.2) is 0 Å². The zero-order chi connectivity index (χ0) is 20.3. The van der Waals surface area contributed by atoms with E-state index in [-0.39, 0.29) is 0 Å². The predicted octanol–water partition coefficient (Wildman–Crippen LogP) is 5.68. The van der Waals surface area contributed by atoms with Gasteiger partial charge in [0.1, 0.15) is 16.5 Å². The van der Waals surface area contributed by atoms with E-state index < -0.39 is 24.7 Å². The molecule has 0 aliphatic rings. The number of hydrogen-bond acceptors (Lipinski definition) is 1. The van der Waals surface area contributed by atoms with Crippen molar-refractivity contribution in [3.05, 3.63) is 72.3 Å². The van der Waals surface area contributed by atoms with E-state index in [9.17, 15) is 0 Å². The molecule has 0 radical (unpaired) electrons. The lowest BCUT2D eigenvalue weighted by atomic mass is 10.3. The van der Waals surface area contributed by atoms with Gasteiger partial charge >= 0.3 is 0 Å². The normalized spacial score (nSPS) is 12.9. The molecule has 2 rings (SSSR count). The van der Waals surface area contributed by atoms with Gasteiger partial charge < -0.3 is 3.90 Å². The molecule has 2 aromatic rings. The van der Waals surface area contributed by atoms with Gasteiger partial charge in [0.2, 0.25) is 0 Å². The van der Waals surface area contributed by atoms with E-state index in [2.05, 4.69) is 124 Å². The summed E-state index contributed by atoms with van der Waals surface area (Å²) in [4.78, 5) is 0. The fourth-order valence-electron chi connectivity index (χ4n) is 4.68. The van der Waals surface area contributed by atoms with Crippen molar-refractivity contribution >= 4 is 35.1 Å². The SMILES string of the molecule is CC(C)=CC[Si](c1ccccc1)(c1ccccc1)N([Si](C)(C)C)[Si](C)(C)C. The fraction of sp³-hybridized carbons (Fsp3) is 0.391. The highest BCUT2D eigenvalue weighted by atomic mass is 28.5. The minimum absolute atomic E-state index is 1.15. The standard InChI is InChI=1S/C23H37NSi3/c1-21(2)19-20-27(22-15-11-9-12-16-22,23-17-13-10-14-18-23)24(25(3,4)5)26(6,7)8/h9-19H,20H2,1-8H3. The summed E-state index contributed by atoms with van der Waals surface area (Å²) in [5.74, 6) is 0. The number of hydrogen-bond donors (Lipinski definition) is 0. The predicted molar refractivity (Wildman–Crippen MR) is 131 cm³/mol. The summed E-state index contributed by atoms with van der Waals surface area (Å²) in [5.41, 5.74) is 1.42. The molecule has 4 heteroatoms. The summed E-state index contributed by atoms with van der Waals surface area (Å²) in [7, 11) is -5.27. The highest BCUT2D eigenvalue weighted by Crippen LogP contribution is 2.30. The van der Waals surface area contributed by atoms with Crippen LogP contribution in [0.3, 0.4) is 0 Å². The minimum atomic E-state index is -2.13. The lowest BCUT2D eigenvalue weighted by Crippen LogP contribution is -2.80. The summed E-state index contributed by atoms with van der Waals surface area (Å²) in [5, 5.41) is 3.11. The average molecular weight is 412 g/mol. The maximum atomic E-state index is 3.12. The van der Waals surface area contributed by atoms with Crippen LogP contribution in [0.15, 0.2) is 72.3 Å². The third-order valence-corrected chi connectivity index (χ3v) is 22.2. The van der Waals surface area contributed by atoms with Crippen LogP contribution in [-0.2, 0) is 0 Å². The van der Waals surface area contributed by atoms with Crippen LogP contribution in [-0.4, -0.2) is 28.6 Å². The fourth-order valence-corrected chi connectivity index (χ4v) is 27.7. The summed E-state index contributed by atoms with van der Waals surface area (Å²) < 4.78 is 3.12. The smallest absolute Gasteiger partial charge is 0.183 e. The van der Waals surface area contributed by atoms with Crippen molar-refractivity contribution in [2.45, 2.75) is 59.2 Å². The highest BCUT2D eigenvalue weighted by Gasteiger charge is 2.51. The van der Waals surface area contributed by atoms with Crippen molar-refractivity contribution in [2.75, 3.05) is 0 Å². The van der Waals surface area contributed by atoms with Gasteiger partial charge in [-0.15, -0.1) is 0 Å². The van der Waals surface area contributed by atoms with E-state index in [4.69, 9.17) is 0 Å². The van der Waals surface area contributed by atoms with Crippen molar-refractivity contribution in [3.8, 4) is 0 Å². The van der Waals surface area contributed by atoms with E-state index in [0.717, 1.165) is 6.04 Å². The Morgan fingerprint density at radius 1 is 0.704 bits per heavy atom. The monoisotopic (exact) mass is 411 g/mol. The average Bonchev–Trinajstić information content (AvgIpc) is 2.57. The van der Waals surface area contributed by atoms with E-state index in [1.165, 1.54) is 5.57 Å². The van der Waals surface area contributed by atoms with Crippen LogP contribution in [0.5, 0.6) is 0 Å². The molecule has 0 unspecified atom stereocenters. The Morgan fingerprint density at radius 2 is 1.07 bits per heavy atom. The summed E-state index contributed by atoms with van der Waals surface area (Å²) in [6.45, 7) is 19.7. The molecule has 0 aliphatic heterocycles. The molecule has 0 N–H and O–H groups in total. The Bertz CT molecular complexity index is 698. The summed E-state index contributed by atoms with van der Waals surface area (Å²) in [6, 6.07) is 24.0. The molecule has 0 aliphatic carbocycles. The van der Waals surface area contributed by atoms with Crippen molar-refractivity contribution < 1.29 is 0 Å². The number of allylic oxidation sites excluding steroid dienone is 2. The van der Waals surface area contributed by atoms with E-state index in [0.29, 0.717) is 0 Å². The molecule has 0 spiro atoms.